The van der Waals surface area contributed by atoms with Crippen LogP contribution in [0.1, 0.15) is 36.2 Å². The van der Waals surface area contributed by atoms with Crippen LogP contribution in [0, 0.1) is 5.92 Å². The van der Waals surface area contributed by atoms with Crippen LogP contribution >= 0.6 is 0 Å². The van der Waals surface area contributed by atoms with Gasteiger partial charge in [-0.2, -0.15) is 0 Å². The van der Waals surface area contributed by atoms with Gasteiger partial charge in [-0.1, -0.05) is 38.5 Å². The number of aliphatic hydroxyl groups excluding tert-OH is 1. The Morgan fingerprint density at radius 3 is 2.50 bits per heavy atom. The molecular formula is C22H25N3O3. The van der Waals surface area contributed by atoms with E-state index >= 15 is 0 Å². The number of benzene rings is 1. The maximum atomic E-state index is 13.0. The van der Waals surface area contributed by atoms with Gasteiger partial charge >= 0.3 is 0 Å². The number of nitrogens with zero attached hydrogens (tertiary/aromatic N) is 2. The van der Waals surface area contributed by atoms with Crippen molar-refractivity contribution in [2.75, 3.05) is 6.61 Å². The number of carbonyl (C=O) groups excluding carboxylic acids is 1. The molecule has 2 unspecified atom stereocenters. The van der Waals surface area contributed by atoms with Crippen LogP contribution in [0.25, 0.3) is 10.8 Å². The van der Waals surface area contributed by atoms with Crippen molar-refractivity contribution in [1.82, 2.24) is 14.9 Å². The second kappa shape index (κ2) is 8.80. The normalized spacial score (nSPS) is 13.2. The Morgan fingerprint density at radius 2 is 1.86 bits per heavy atom. The Labute approximate surface area is 163 Å². The number of amides is 1. The van der Waals surface area contributed by atoms with E-state index in [1.807, 2.05) is 32.0 Å². The molecule has 2 heterocycles. The summed E-state index contributed by atoms with van der Waals surface area (Å²) in [5.41, 5.74) is 1.20. The van der Waals surface area contributed by atoms with Crippen molar-refractivity contribution in [3.63, 3.8) is 0 Å². The molecule has 0 aliphatic rings. The van der Waals surface area contributed by atoms with Crippen LogP contribution in [0.2, 0.25) is 0 Å². The second-order valence-corrected chi connectivity index (χ2v) is 7.02. The highest BCUT2D eigenvalue weighted by molar-refractivity contribution is 6.06. The first-order valence-corrected chi connectivity index (χ1v) is 9.48. The molecule has 0 saturated heterocycles. The van der Waals surface area contributed by atoms with Crippen LogP contribution in [0.15, 0.2) is 59.8 Å². The van der Waals surface area contributed by atoms with Gasteiger partial charge in [0.05, 0.1) is 24.8 Å². The highest BCUT2D eigenvalue weighted by Crippen LogP contribution is 2.17. The number of nitrogens with one attached hydrogen (secondary N) is 1. The highest BCUT2D eigenvalue weighted by atomic mass is 16.3. The predicted molar refractivity (Wildman–Crippen MR) is 109 cm³/mol. The molecular weight excluding hydrogens is 354 g/mol. The first-order chi connectivity index (χ1) is 13.5. The second-order valence-electron chi connectivity index (χ2n) is 7.02. The standard InChI is InChI=1S/C22H25N3O3/c1-3-15(2)20(14-26)24-21(27)19-13-25(12-16-8-10-23-11-9-16)22(28)18-7-5-4-6-17(18)19/h4-11,13,15,20,26H,3,12,14H2,1-2H3,(H,24,27). The van der Waals surface area contributed by atoms with E-state index in [9.17, 15) is 14.7 Å². The van der Waals surface area contributed by atoms with Gasteiger partial charge in [0.15, 0.2) is 0 Å². The minimum Gasteiger partial charge on any atom is -0.394 e. The van der Waals surface area contributed by atoms with Gasteiger partial charge in [-0.15, -0.1) is 0 Å². The minimum absolute atomic E-state index is 0.130. The highest BCUT2D eigenvalue weighted by Gasteiger charge is 2.21. The van der Waals surface area contributed by atoms with E-state index in [2.05, 4.69) is 10.3 Å². The van der Waals surface area contributed by atoms with E-state index in [0.717, 1.165) is 12.0 Å². The number of fused-ring (bicyclic) bond motifs is 1. The Morgan fingerprint density at radius 1 is 1.18 bits per heavy atom. The van der Waals surface area contributed by atoms with Gasteiger partial charge in [-0.25, -0.2) is 0 Å². The Hall–Kier alpha value is -2.99. The molecule has 28 heavy (non-hydrogen) atoms. The molecule has 0 radical (unpaired) electrons. The summed E-state index contributed by atoms with van der Waals surface area (Å²) in [6.45, 7) is 4.23. The number of rotatable bonds is 7. The Kier molecular flexibility index (Phi) is 6.21. The molecule has 0 bridgehead atoms. The van der Waals surface area contributed by atoms with Gasteiger partial charge < -0.3 is 15.0 Å². The van der Waals surface area contributed by atoms with Crippen molar-refractivity contribution in [3.05, 3.63) is 76.5 Å². The monoisotopic (exact) mass is 379 g/mol. The molecule has 1 aromatic carbocycles. The van der Waals surface area contributed by atoms with Gasteiger partial charge in [0.25, 0.3) is 11.5 Å². The number of aromatic nitrogens is 2. The summed E-state index contributed by atoms with van der Waals surface area (Å²) >= 11 is 0. The van der Waals surface area contributed by atoms with Crippen molar-refractivity contribution in [3.8, 4) is 0 Å². The zero-order valence-electron chi connectivity index (χ0n) is 16.1. The van der Waals surface area contributed by atoms with Gasteiger partial charge in [0, 0.05) is 29.4 Å². The molecule has 0 fully saturated rings. The molecule has 0 spiro atoms. The van der Waals surface area contributed by atoms with E-state index in [0.29, 0.717) is 22.9 Å². The summed E-state index contributed by atoms with van der Waals surface area (Å²) in [6, 6.07) is 10.5. The number of carbonyl (C=O) groups is 1. The molecule has 2 N–H and O–H groups in total. The predicted octanol–water partition coefficient (Wildman–Crippen LogP) is 2.58. The third-order valence-corrected chi connectivity index (χ3v) is 5.18. The third-order valence-electron chi connectivity index (χ3n) is 5.18. The first-order valence-electron chi connectivity index (χ1n) is 9.48. The van der Waals surface area contributed by atoms with Gasteiger partial charge in [-0.3, -0.25) is 14.6 Å². The van der Waals surface area contributed by atoms with Crippen LogP contribution in [0.5, 0.6) is 0 Å². The lowest BCUT2D eigenvalue weighted by Gasteiger charge is -2.22. The number of hydrogen-bond donors (Lipinski definition) is 2. The smallest absolute Gasteiger partial charge is 0.258 e. The van der Waals surface area contributed by atoms with Crippen molar-refractivity contribution >= 4 is 16.7 Å². The van der Waals surface area contributed by atoms with Crippen LogP contribution in [-0.4, -0.2) is 33.2 Å². The lowest BCUT2D eigenvalue weighted by Crippen LogP contribution is -2.42. The Balaban J connectivity index is 2.04. The maximum Gasteiger partial charge on any atom is 0.258 e. The fraction of sp³-hybridized carbons (Fsp3) is 0.318. The summed E-state index contributed by atoms with van der Waals surface area (Å²) in [4.78, 5) is 29.9. The number of pyridine rings is 2. The molecule has 1 amide bonds. The molecule has 6 nitrogen and oxygen atoms in total. The van der Waals surface area contributed by atoms with E-state index in [-0.39, 0.29) is 30.0 Å². The van der Waals surface area contributed by atoms with Crippen molar-refractivity contribution in [1.29, 1.82) is 0 Å². The van der Waals surface area contributed by atoms with E-state index in [4.69, 9.17) is 0 Å². The summed E-state index contributed by atoms with van der Waals surface area (Å²) in [5.74, 6) is -0.151. The minimum atomic E-state index is -0.336. The molecule has 146 valence electrons. The average molecular weight is 379 g/mol. The molecule has 0 aliphatic heterocycles. The molecule has 3 rings (SSSR count). The van der Waals surface area contributed by atoms with E-state index in [1.165, 1.54) is 0 Å². The SMILES string of the molecule is CCC(C)C(CO)NC(=O)c1cn(Cc2ccncc2)c(=O)c2ccccc12. The van der Waals surface area contributed by atoms with E-state index in [1.54, 1.807) is 41.4 Å². The maximum absolute atomic E-state index is 13.0. The quantitative estimate of drug-likeness (QED) is 0.661. The molecule has 0 aliphatic carbocycles. The van der Waals surface area contributed by atoms with Crippen LogP contribution in [0.4, 0.5) is 0 Å². The fourth-order valence-corrected chi connectivity index (χ4v) is 3.22. The fourth-order valence-electron chi connectivity index (χ4n) is 3.22. The lowest BCUT2D eigenvalue weighted by molar-refractivity contribution is 0.0892. The molecule has 3 aromatic rings. The van der Waals surface area contributed by atoms with Gasteiger partial charge in [0.2, 0.25) is 0 Å². The zero-order chi connectivity index (χ0) is 20.1. The summed E-state index contributed by atoms with van der Waals surface area (Å²) < 4.78 is 1.55. The lowest BCUT2D eigenvalue weighted by atomic mass is 9.99. The van der Waals surface area contributed by atoms with E-state index < -0.39 is 0 Å². The average Bonchev–Trinajstić information content (AvgIpc) is 2.74. The molecule has 6 heteroatoms. The van der Waals surface area contributed by atoms with Crippen molar-refractivity contribution < 1.29 is 9.90 Å². The number of aliphatic hydroxyl groups is 1. The summed E-state index contributed by atoms with van der Waals surface area (Å²) in [7, 11) is 0. The topological polar surface area (TPSA) is 84.2 Å². The number of hydrogen-bond acceptors (Lipinski definition) is 4. The largest absolute Gasteiger partial charge is 0.394 e. The van der Waals surface area contributed by atoms with Gasteiger partial charge in [-0.05, 0) is 29.7 Å². The molecule has 0 saturated carbocycles. The van der Waals surface area contributed by atoms with Crippen molar-refractivity contribution in [2.24, 2.45) is 5.92 Å². The van der Waals surface area contributed by atoms with Gasteiger partial charge in [0.1, 0.15) is 0 Å². The third kappa shape index (κ3) is 4.12. The van der Waals surface area contributed by atoms with Crippen LogP contribution < -0.4 is 10.9 Å². The zero-order valence-corrected chi connectivity index (χ0v) is 16.1. The molecule has 2 atom stereocenters. The Bertz CT molecular complexity index is 1010. The molecule has 2 aromatic heterocycles. The summed E-state index contributed by atoms with van der Waals surface area (Å²) in [6.07, 6.45) is 5.79. The van der Waals surface area contributed by atoms with Crippen LogP contribution in [-0.2, 0) is 6.54 Å². The first kappa shape index (κ1) is 19.8. The van der Waals surface area contributed by atoms with Crippen LogP contribution in [0.3, 0.4) is 0 Å². The summed E-state index contributed by atoms with van der Waals surface area (Å²) in [5, 5.41) is 13.7. The van der Waals surface area contributed by atoms with Crippen molar-refractivity contribution in [2.45, 2.75) is 32.9 Å².